The van der Waals surface area contributed by atoms with Crippen molar-refractivity contribution in [3.8, 4) is 0 Å². The SMILES string of the molecule is C=C/C(=C\C=C(/C)Br)c1n[nH]c(=S)s1. The molecule has 5 heteroatoms. The van der Waals surface area contributed by atoms with Crippen LogP contribution < -0.4 is 0 Å². The second-order valence-corrected chi connectivity index (χ2v) is 5.41. The summed E-state index contributed by atoms with van der Waals surface area (Å²) in [5.41, 5.74) is 0.959. The van der Waals surface area contributed by atoms with Crippen molar-refractivity contribution in [2.24, 2.45) is 0 Å². The zero-order valence-corrected chi connectivity index (χ0v) is 10.8. The summed E-state index contributed by atoms with van der Waals surface area (Å²) in [5.74, 6) is 0. The van der Waals surface area contributed by atoms with Crippen LogP contribution in [-0.4, -0.2) is 10.2 Å². The van der Waals surface area contributed by atoms with E-state index in [1.54, 1.807) is 6.08 Å². The third kappa shape index (κ3) is 3.32. The zero-order chi connectivity index (χ0) is 10.6. The fraction of sp³-hybridized carbons (Fsp3) is 0.111. The van der Waals surface area contributed by atoms with Gasteiger partial charge in [0.05, 0.1) is 0 Å². The molecular weight excluding hydrogens is 280 g/mol. The van der Waals surface area contributed by atoms with Gasteiger partial charge in [0.25, 0.3) is 0 Å². The van der Waals surface area contributed by atoms with Gasteiger partial charge in [0.15, 0.2) is 3.95 Å². The number of aromatic amines is 1. The van der Waals surface area contributed by atoms with Crippen molar-refractivity contribution in [1.29, 1.82) is 0 Å². The van der Waals surface area contributed by atoms with Gasteiger partial charge >= 0.3 is 0 Å². The maximum Gasteiger partial charge on any atom is 0.176 e. The molecule has 2 nitrogen and oxygen atoms in total. The summed E-state index contributed by atoms with van der Waals surface area (Å²) in [5, 5.41) is 7.66. The molecule has 0 unspecified atom stereocenters. The van der Waals surface area contributed by atoms with E-state index in [1.807, 2.05) is 19.1 Å². The predicted molar refractivity (Wildman–Crippen MR) is 68.2 cm³/mol. The largest absolute Gasteiger partial charge is 0.258 e. The molecule has 1 aromatic heterocycles. The number of allylic oxidation sites excluding steroid dienone is 5. The van der Waals surface area contributed by atoms with Gasteiger partial charge in [0.1, 0.15) is 5.01 Å². The highest BCUT2D eigenvalue weighted by molar-refractivity contribution is 9.11. The Bertz CT molecular complexity index is 436. The summed E-state index contributed by atoms with van der Waals surface area (Å²) in [6, 6.07) is 0. The van der Waals surface area contributed by atoms with Crippen LogP contribution in [0, 0.1) is 3.95 Å². The maximum absolute atomic E-state index is 4.95. The first-order valence-corrected chi connectivity index (χ1v) is 5.87. The number of rotatable bonds is 3. The van der Waals surface area contributed by atoms with E-state index >= 15 is 0 Å². The Morgan fingerprint density at radius 1 is 1.64 bits per heavy atom. The summed E-state index contributed by atoms with van der Waals surface area (Å²) in [6.45, 7) is 5.69. The normalized spacial score (nSPS) is 13.0. The number of nitrogens with zero attached hydrogens (tertiary/aromatic N) is 1. The first-order valence-electron chi connectivity index (χ1n) is 3.86. The third-order valence-electron chi connectivity index (χ3n) is 1.40. The number of hydrogen-bond acceptors (Lipinski definition) is 3. The minimum absolute atomic E-state index is 0.673. The monoisotopic (exact) mass is 288 g/mol. The number of aromatic nitrogens is 2. The fourth-order valence-electron chi connectivity index (χ4n) is 0.785. The van der Waals surface area contributed by atoms with Gasteiger partial charge in [-0.2, -0.15) is 5.10 Å². The Morgan fingerprint density at radius 2 is 2.36 bits per heavy atom. The van der Waals surface area contributed by atoms with Gasteiger partial charge in [-0.3, -0.25) is 5.10 Å². The molecule has 1 heterocycles. The molecule has 0 atom stereocenters. The van der Waals surface area contributed by atoms with Crippen LogP contribution in [0.4, 0.5) is 0 Å². The fourth-order valence-corrected chi connectivity index (χ4v) is 1.83. The number of hydrogen-bond donors (Lipinski definition) is 1. The average molecular weight is 289 g/mol. The Hall–Kier alpha value is -0.520. The van der Waals surface area contributed by atoms with Crippen LogP contribution >= 0.6 is 39.5 Å². The standard InChI is InChI=1S/C9H9BrN2S2/c1-3-7(5-4-6(2)10)8-11-12-9(13)14-8/h3-5H,1H2,2H3,(H,12,13)/b6-4+,7-5+. The van der Waals surface area contributed by atoms with Crippen molar-refractivity contribution in [1.82, 2.24) is 10.2 Å². The molecule has 0 aliphatic heterocycles. The van der Waals surface area contributed by atoms with E-state index in [0.717, 1.165) is 15.1 Å². The molecule has 0 fully saturated rings. The molecule has 1 N–H and O–H groups in total. The molecule has 0 aromatic carbocycles. The smallest absolute Gasteiger partial charge is 0.176 e. The van der Waals surface area contributed by atoms with Crippen molar-refractivity contribution < 1.29 is 0 Å². The summed E-state index contributed by atoms with van der Waals surface area (Å²) in [6.07, 6.45) is 5.65. The Balaban J connectivity index is 3.04. The predicted octanol–water partition coefficient (Wildman–Crippen LogP) is 4.07. The maximum atomic E-state index is 4.95. The molecule has 0 saturated heterocycles. The van der Waals surface area contributed by atoms with Gasteiger partial charge in [0, 0.05) is 5.57 Å². The minimum Gasteiger partial charge on any atom is -0.258 e. The lowest BCUT2D eigenvalue weighted by molar-refractivity contribution is 1.07. The van der Waals surface area contributed by atoms with Crippen LogP contribution in [0.2, 0.25) is 0 Å². The minimum atomic E-state index is 0.673. The number of nitrogens with one attached hydrogen (secondary N) is 1. The van der Waals surface area contributed by atoms with Crippen molar-refractivity contribution in [3.05, 3.63) is 38.3 Å². The van der Waals surface area contributed by atoms with Crippen molar-refractivity contribution >= 4 is 45.1 Å². The van der Waals surface area contributed by atoms with Crippen LogP contribution in [0.1, 0.15) is 11.9 Å². The summed E-state index contributed by atoms with van der Waals surface area (Å²) in [4.78, 5) is 0. The second kappa shape index (κ2) is 5.38. The van der Waals surface area contributed by atoms with Gasteiger partial charge < -0.3 is 0 Å². The average Bonchev–Trinajstić information content (AvgIpc) is 2.53. The second-order valence-electron chi connectivity index (χ2n) is 2.50. The lowest BCUT2D eigenvalue weighted by Gasteiger charge is -1.92. The summed E-state index contributed by atoms with van der Waals surface area (Å²) >= 11 is 9.73. The van der Waals surface area contributed by atoms with Gasteiger partial charge in [0.2, 0.25) is 0 Å². The summed E-state index contributed by atoms with van der Waals surface area (Å²) in [7, 11) is 0. The highest BCUT2D eigenvalue weighted by atomic mass is 79.9. The van der Waals surface area contributed by atoms with E-state index in [0.29, 0.717) is 3.95 Å². The van der Waals surface area contributed by atoms with Gasteiger partial charge in [-0.1, -0.05) is 52.1 Å². The van der Waals surface area contributed by atoms with Gasteiger partial charge in [-0.05, 0) is 23.6 Å². The molecule has 1 aromatic rings. The molecule has 0 aliphatic rings. The van der Waals surface area contributed by atoms with Crippen molar-refractivity contribution in [2.45, 2.75) is 6.92 Å². The Kier molecular flexibility index (Phi) is 4.44. The molecule has 14 heavy (non-hydrogen) atoms. The van der Waals surface area contributed by atoms with Crippen LogP contribution in [0.15, 0.2) is 29.3 Å². The lowest BCUT2D eigenvalue weighted by Crippen LogP contribution is -1.78. The van der Waals surface area contributed by atoms with Crippen LogP contribution in [0.25, 0.3) is 5.57 Å². The zero-order valence-electron chi connectivity index (χ0n) is 7.58. The van der Waals surface area contributed by atoms with E-state index in [9.17, 15) is 0 Å². The number of H-pyrrole nitrogens is 1. The number of halogens is 1. The first-order chi connectivity index (χ1) is 6.63. The van der Waals surface area contributed by atoms with Crippen LogP contribution in [0.3, 0.4) is 0 Å². The third-order valence-corrected chi connectivity index (χ3v) is 2.80. The van der Waals surface area contributed by atoms with Crippen LogP contribution in [0.5, 0.6) is 0 Å². The molecule has 0 saturated carbocycles. The van der Waals surface area contributed by atoms with E-state index in [2.05, 4.69) is 32.7 Å². The summed E-state index contributed by atoms with van der Waals surface area (Å²) < 4.78 is 1.73. The highest BCUT2D eigenvalue weighted by Gasteiger charge is 2.00. The van der Waals surface area contributed by atoms with Gasteiger partial charge in [-0.25, -0.2) is 0 Å². The van der Waals surface area contributed by atoms with Crippen molar-refractivity contribution in [2.75, 3.05) is 0 Å². The molecule has 0 aliphatic carbocycles. The quantitative estimate of drug-likeness (QED) is 0.671. The Labute approximate surface area is 100 Å². The Morgan fingerprint density at radius 3 is 2.79 bits per heavy atom. The lowest BCUT2D eigenvalue weighted by atomic mass is 10.2. The molecule has 1 rings (SSSR count). The highest BCUT2D eigenvalue weighted by Crippen LogP contribution is 2.18. The molecule has 0 spiro atoms. The van der Waals surface area contributed by atoms with E-state index < -0.39 is 0 Å². The van der Waals surface area contributed by atoms with E-state index in [1.165, 1.54) is 11.3 Å². The van der Waals surface area contributed by atoms with Gasteiger partial charge in [-0.15, -0.1) is 0 Å². The molecule has 74 valence electrons. The van der Waals surface area contributed by atoms with Crippen molar-refractivity contribution in [3.63, 3.8) is 0 Å². The molecule has 0 amide bonds. The topological polar surface area (TPSA) is 28.7 Å². The van der Waals surface area contributed by atoms with E-state index in [-0.39, 0.29) is 0 Å². The molecule has 0 bridgehead atoms. The van der Waals surface area contributed by atoms with E-state index in [4.69, 9.17) is 12.2 Å². The first kappa shape index (κ1) is 11.6. The molecule has 0 radical (unpaired) electrons. The molecular formula is C9H9BrN2S2. The van der Waals surface area contributed by atoms with Crippen LogP contribution in [-0.2, 0) is 0 Å².